The van der Waals surface area contributed by atoms with Crippen molar-refractivity contribution in [3.63, 3.8) is 0 Å². The molecule has 1 aromatic rings. The van der Waals surface area contributed by atoms with E-state index in [0.717, 1.165) is 0 Å². The van der Waals surface area contributed by atoms with Crippen LogP contribution in [0.5, 0.6) is 5.88 Å². The molecule has 0 fully saturated rings. The Bertz CT molecular complexity index is 382. The third-order valence-electron chi connectivity index (χ3n) is 1.75. The molecule has 0 spiro atoms. The Morgan fingerprint density at radius 3 is 2.50 bits per heavy atom. The number of anilines is 1. The number of hydrogen-bond donors (Lipinski definition) is 3. The number of hydrogen-bond acceptors (Lipinski definition) is 5. The Hall–Kier alpha value is -1.54. The van der Waals surface area contributed by atoms with E-state index in [9.17, 15) is 13.2 Å². The summed E-state index contributed by atoms with van der Waals surface area (Å²) in [7, 11) is 0. The van der Waals surface area contributed by atoms with Crippen LogP contribution in [0.4, 0.5) is 18.9 Å². The fourth-order valence-electron chi connectivity index (χ4n) is 1.06. The standard InChI is InChI=1S/C8H10F3N3O2/c9-8(10,11)16-7-6(13)4(3-15)1-5(2-12)14-7/h1,15H,2-3,12-13H2. The summed E-state index contributed by atoms with van der Waals surface area (Å²) in [6.45, 7) is -0.600. The minimum Gasteiger partial charge on any atom is -0.394 e. The first-order valence-corrected chi connectivity index (χ1v) is 4.22. The quantitative estimate of drug-likeness (QED) is 0.712. The Morgan fingerprint density at radius 1 is 1.44 bits per heavy atom. The van der Waals surface area contributed by atoms with Crippen LogP contribution in [-0.4, -0.2) is 16.5 Å². The molecule has 8 heteroatoms. The van der Waals surface area contributed by atoms with Gasteiger partial charge in [0.1, 0.15) is 5.69 Å². The van der Waals surface area contributed by atoms with Crippen LogP contribution in [0, 0.1) is 0 Å². The van der Waals surface area contributed by atoms with Gasteiger partial charge in [0.15, 0.2) is 0 Å². The van der Waals surface area contributed by atoms with Gasteiger partial charge in [0.05, 0.1) is 12.3 Å². The van der Waals surface area contributed by atoms with Crippen molar-refractivity contribution in [3.05, 3.63) is 17.3 Å². The summed E-state index contributed by atoms with van der Waals surface area (Å²) >= 11 is 0. The van der Waals surface area contributed by atoms with Crippen molar-refractivity contribution in [3.8, 4) is 5.88 Å². The molecule has 16 heavy (non-hydrogen) atoms. The predicted octanol–water partition coefficient (Wildman–Crippen LogP) is 0.513. The summed E-state index contributed by atoms with van der Waals surface area (Å²) < 4.78 is 39.6. The Balaban J connectivity index is 3.16. The predicted molar refractivity (Wildman–Crippen MR) is 49.1 cm³/mol. The molecule has 0 aliphatic rings. The molecule has 0 aromatic carbocycles. The third-order valence-corrected chi connectivity index (χ3v) is 1.75. The van der Waals surface area contributed by atoms with E-state index in [-0.39, 0.29) is 23.5 Å². The minimum absolute atomic E-state index is 0.0818. The van der Waals surface area contributed by atoms with Gasteiger partial charge in [-0.2, -0.15) is 0 Å². The molecule has 0 aliphatic carbocycles. The molecule has 0 bridgehead atoms. The monoisotopic (exact) mass is 237 g/mol. The van der Waals surface area contributed by atoms with E-state index < -0.39 is 18.8 Å². The molecule has 5 nitrogen and oxygen atoms in total. The lowest BCUT2D eigenvalue weighted by atomic mass is 10.2. The molecule has 0 saturated heterocycles. The third kappa shape index (κ3) is 2.97. The van der Waals surface area contributed by atoms with E-state index in [0.29, 0.717) is 0 Å². The SMILES string of the molecule is NCc1cc(CO)c(N)c(OC(F)(F)F)n1. The largest absolute Gasteiger partial charge is 0.574 e. The normalized spacial score (nSPS) is 11.6. The Morgan fingerprint density at radius 2 is 2.06 bits per heavy atom. The van der Waals surface area contributed by atoms with Gasteiger partial charge in [-0.05, 0) is 6.07 Å². The number of aromatic nitrogens is 1. The van der Waals surface area contributed by atoms with Gasteiger partial charge in [0.25, 0.3) is 0 Å². The van der Waals surface area contributed by atoms with Crippen LogP contribution >= 0.6 is 0 Å². The summed E-state index contributed by atoms with van der Waals surface area (Å²) in [5, 5.41) is 8.88. The van der Waals surface area contributed by atoms with Gasteiger partial charge < -0.3 is 21.3 Å². The fourth-order valence-corrected chi connectivity index (χ4v) is 1.06. The summed E-state index contributed by atoms with van der Waals surface area (Å²) in [5.41, 5.74) is 10.5. The van der Waals surface area contributed by atoms with Crippen molar-refractivity contribution >= 4 is 5.69 Å². The molecule has 0 aliphatic heterocycles. The zero-order valence-corrected chi connectivity index (χ0v) is 8.08. The molecular formula is C8H10F3N3O2. The van der Waals surface area contributed by atoms with Crippen LogP contribution in [0.15, 0.2) is 6.07 Å². The van der Waals surface area contributed by atoms with Crippen molar-refractivity contribution in [2.45, 2.75) is 19.5 Å². The van der Waals surface area contributed by atoms with Gasteiger partial charge in [-0.3, -0.25) is 0 Å². The van der Waals surface area contributed by atoms with Crippen molar-refractivity contribution in [1.29, 1.82) is 0 Å². The summed E-state index contributed by atoms with van der Waals surface area (Å²) in [6.07, 6.45) is -4.89. The number of ether oxygens (including phenoxy) is 1. The van der Waals surface area contributed by atoms with E-state index in [2.05, 4.69) is 9.72 Å². The first-order valence-electron chi connectivity index (χ1n) is 4.22. The Labute approximate surface area is 88.8 Å². The molecule has 0 unspecified atom stereocenters. The van der Waals surface area contributed by atoms with Gasteiger partial charge in [-0.1, -0.05) is 0 Å². The average Bonchev–Trinajstić information content (AvgIpc) is 2.19. The van der Waals surface area contributed by atoms with E-state index >= 15 is 0 Å². The highest BCUT2D eigenvalue weighted by atomic mass is 19.4. The van der Waals surface area contributed by atoms with Crippen LogP contribution in [0.1, 0.15) is 11.3 Å². The molecule has 1 aromatic heterocycles. The Kier molecular flexibility index (Phi) is 3.55. The van der Waals surface area contributed by atoms with Crippen LogP contribution in [-0.2, 0) is 13.2 Å². The van der Waals surface area contributed by atoms with Crippen molar-refractivity contribution in [1.82, 2.24) is 4.98 Å². The highest BCUT2D eigenvalue weighted by Gasteiger charge is 2.33. The molecule has 1 rings (SSSR count). The van der Waals surface area contributed by atoms with Gasteiger partial charge >= 0.3 is 6.36 Å². The first-order chi connectivity index (χ1) is 7.37. The first kappa shape index (κ1) is 12.5. The number of rotatable bonds is 3. The van der Waals surface area contributed by atoms with Gasteiger partial charge in [-0.25, -0.2) is 4.98 Å². The number of pyridine rings is 1. The van der Waals surface area contributed by atoms with E-state index in [4.69, 9.17) is 16.6 Å². The number of nitrogens with zero attached hydrogens (tertiary/aromatic N) is 1. The van der Waals surface area contributed by atoms with Crippen LogP contribution in [0.2, 0.25) is 0 Å². The maximum absolute atomic E-state index is 12.0. The second-order valence-corrected chi connectivity index (χ2v) is 2.90. The molecule has 0 radical (unpaired) electrons. The van der Waals surface area contributed by atoms with Crippen LogP contribution < -0.4 is 16.2 Å². The second kappa shape index (κ2) is 4.54. The highest BCUT2D eigenvalue weighted by molar-refractivity contribution is 5.55. The molecule has 5 N–H and O–H groups in total. The summed E-state index contributed by atoms with van der Waals surface area (Å²) in [4.78, 5) is 3.48. The smallest absolute Gasteiger partial charge is 0.394 e. The zero-order valence-electron chi connectivity index (χ0n) is 8.08. The number of aliphatic hydroxyl groups is 1. The molecule has 1 heterocycles. The van der Waals surface area contributed by atoms with Crippen LogP contribution in [0.3, 0.4) is 0 Å². The van der Waals surface area contributed by atoms with Crippen molar-refractivity contribution < 1.29 is 23.0 Å². The molecule has 0 saturated carbocycles. The molecule has 0 atom stereocenters. The van der Waals surface area contributed by atoms with E-state index in [1.54, 1.807) is 0 Å². The van der Waals surface area contributed by atoms with Crippen molar-refractivity contribution in [2.24, 2.45) is 5.73 Å². The van der Waals surface area contributed by atoms with Gasteiger partial charge in [0.2, 0.25) is 5.88 Å². The average molecular weight is 237 g/mol. The van der Waals surface area contributed by atoms with Crippen molar-refractivity contribution in [2.75, 3.05) is 5.73 Å². The lowest BCUT2D eigenvalue weighted by molar-refractivity contribution is -0.275. The topological polar surface area (TPSA) is 94.4 Å². The summed E-state index contributed by atoms with van der Waals surface area (Å²) in [5.74, 6) is -0.792. The molecule has 0 amide bonds. The maximum Gasteiger partial charge on any atom is 0.574 e. The summed E-state index contributed by atoms with van der Waals surface area (Å²) in [6, 6.07) is 1.32. The van der Waals surface area contributed by atoms with E-state index in [1.165, 1.54) is 6.07 Å². The number of nitrogens with two attached hydrogens (primary N) is 2. The highest BCUT2D eigenvalue weighted by Crippen LogP contribution is 2.29. The second-order valence-electron chi connectivity index (χ2n) is 2.90. The molecule has 90 valence electrons. The maximum atomic E-state index is 12.0. The fraction of sp³-hybridized carbons (Fsp3) is 0.375. The number of alkyl halides is 3. The van der Waals surface area contributed by atoms with Gasteiger partial charge in [0, 0.05) is 12.1 Å². The number of halogens is 3. The molecular weight excluding hydrogens is 227 g/mol. The van der Waals surface area contributed by atoms with Crippen LogP contribution in [0.25, 0.3) is 0 Å². The number of aliphatic hydroxyl groups excluding tert-OH is 1. The lowest BCUT2D eigenvalue weighted by Crippen LogP contribution is -2.20. The number of nitrogen functional groups attached to an aromatic ring is 1. The lowest BCUT2D eigenvalue weighted by Gasteiger charge is -2.13. The zero-order chi connectivity index (χ0) is 12.3. The van der Waals surface area contributed by atoms with E-state index in [1.807, 2.05) is 0 Å². The van der Waals surface area contributed by atoms with Gasteiger partial charge in [-0.15, -0.1) is 13.2 Å². The minimum atomic E-state index is -4.89.